The Morgan fingerprint density at radius 2 is 2.24 bits per heavy atom. The Bertz CT molecular complexity index is 1090. The van der Waals surface area contributed by atoms with Crippen molar-refractivity contribution >= 4 is 17.1 Å². The normalized spacial score (nSPS) is 11.5. The second kappa shape index (κ2) is 5.71. The van der Waals surface area contributed by atoms with Gasteiger partial charge in [0.1, 0.15) is 5.52 Å². The van der Waals surface area contributed by atoms with Crippen LogP contribution in [0.15, 0.2) is 30.7 Å². The molecule has 4 aromatic heterocycles. The predicted molar refractivity (Wildman–Crippen MR) is 90.9 cm³/mol. The summed E-state index contributed by atoms with van der Waals surface area (Å²) in [6, 6.07) is 3.26. The average molecular weight is 341 g/mol. The first kappa shape index (κ1) is 15.3. The van der Waals surface area contributed by atoms with E-state index in [-0.39, 0.29) is 11.6 Å². The largest absolute Gasteiger partial charge is 0.479 e. The van der Waals surface area contributed by atoms with Gasteiger partial charge in [0.05, 0.1) is 19.0 Å². The van der Waals surface area contributed by atoms with Crippen LogP contribution in [-0.2, 0) is 6.54 Å². The van der Waals surface area contributed by atoms with Gasteiger partial charge in [-0.05, 0) is 19.2 Å². The van der Waals surface area contributed by atoms with Crippen molar-refractivity contribution in [3.05, 3.63) is 42.2 Å². The minimum Gasteiger partial charge on any atom is -0.479 e. The van der Waals surface area contributed by atoms with E-state index in [9.17, 15) is 4.39 Å². The van der Waals surface area contributed by atoms with Crippen LogP contribution in [-0.4, -0.2) is 38.1 Å². The zero-order valence-corrected chi connectivity index (χ0v) is 13.7. The molecule has 0 saturated carbocycles. The molecule has 4 aromatic rings. The Morgan fingerprint density at radius 3 is 3.00 bits per heavy atom. The number of nitrogens with zero attached hydrogens (tertiary/aromatic N) is 5. The van der Waals surface area contributed by atoms with Crippen molar-refractivity contribution in [1.82, 2.24) is 29.3 Å². The number of pyridine rings is 1. The molecular weight excluding hydrogens is 325 g/mol. The van der Waals surface area contributed by atoms with E-state index >= 15 is 0 Å². The molecule has 4 heterocycles. The highest BCUT2D eigenvalue weighted by molar-refractivity contribution is 5.84. The smallest absolute Gasteiger partial charge is 0.243 e. The van der Waals surface area contributed by atoms with Crippen molar-refractivity contribution in [3.63, 3.8) is 0 Å². The molecule has 0 aromatic carbocycles. The lowest BCUT2D eigenvalue weighted by atomic mass is 10.1. The highest BCUT2D eigenvalue weighted by Crippen LogP contribution is 2.32. The SMILES string of the molecule is CNCc1cnc2c(F)cc(-c3ccn4nc(N)nc(OC)c34)cn12. The zero-order valence-electron chi connectivity index (χ0n) is 13.7. The molecule has 3 N–H and O–H groups in total. The number of rotatable bonds is 4. The number of ether oxygens (including phenoxy) is 1. The summed E-state index contributed by atoms with van der Waals surface area (Å²) in [4.78, 5) is 8.24. The molecule has 0 aliphatic rings. The summed E-state index contributed by atoms with van der Waals surface area (Å²) in [5, 5.41) is 7.18. The van der Waals surface area contributed by atoms with Gasteiger partial charge in [-0.3, -0.25) is 4.40 Å². The van der Waals surface area contributed by atoms with Crippen molar-refractivity contribution in [1.29, 1.82) is 0 Å². The number of aromatic nitrogens is 5. The fourth-order valence-electron chi connectivity index (χ4n) is 2.94. The monoisotopic (exact) mass is 341 g/mol. The van der Waals surface area contributed by atoms with Crippen LogP contribution in [0.3, 0.4) is 0 Å². The second-order valence-corrected chi connectivity index (χ2v) is 5.55. The van der Waals surface area contributed by atoms with E-state index in [4.69, 9.17) is 10.5 Å². The van der Waals surface area contributed by atoms with Gasteiger partial charge in [0, 0.05) is 30.1 Å². The predicted octanol–water partition coefficient (Wildman–Crippen LogP) is 1.49. The average Bonchev–Trinajstić information content (AvgIpc) is 3.19. The lowest BCUT2D eigenvalue weighted by molar-refractivity contribution is 0.400. The van der Waals surface area contributed by atoms with Crippen LogP contribution in [0, 0.1) is 5.82 Å². The maximum absolute atomic E-state index is 14.5. The molecule has 128 valence electrons. The first-order valence-electron chi connectivity index (χ1n) is 7.61. The molecule has 0 bridgehead atoms. The van der Waals surface area contributed by atoms with Crippen molar-refractivity contribution in [2.45, 2.75) is 6.54 Å². The minimum absolute atomic E-state index is 0.0963. The van der Waals surface area contributed by atoms with Crippen LogP contribution in [0.25, 0.3) is 22.3 Å². The Kier molecular flexibility index (Phi) is 3.50. The fraction of sp³-hybridized carbons (Fsp3) is 0.188. The maximum atomic E-state index is 14.5. The van der Waals surface area contributed by atoms with Gasteiger partial charge in [-0.25, -0.2) is 13.9 Å². The summed E-state index contributed by atoms with van der Waals surface area (Å²) in [7, 11) is 3.33. The summed E-state index contributed by atoms with van der Waals surface area (Å²) >= 11 is 0. The molecule has 0 spiro atoms. The van der Waals surface area contributed by atoms with E-state index < -0.39 is 5.82 Å². The topological polar surface area (TPSA) is 94.8 Å². The number of methoxy groups -OCH3 is 1. The number of hydrogen-bond donors (Lipinski definition) is 2. The van der Waals surface area contributed by atoms with Crippen LogP contribution in [0.1, 0.15) is 5.69 Å². The van der Waals surface area contributed by atoms with Crippen LogP contribution < -0.4 is 15.8 Å². The number of imidazole rings is 1. The van der Waals surface area contributed by atoms with Gasteiger partial charge in [-0.15, -0.1) is 5.10 Å². The number of halogens is 1. The van der Waals surface area contributed by atoms with Gasteiger partial charge < -0.3 is 15.8 Å². The Labute approximate surface area is 142 Å². The lowest BCUT2D eigenvalue weighted by Gasteiger charge is -2.08. The summed E-state index contributed by atoms with van der Waals surface area (Å²) in [6.45, 7) is 0.573. The Balaban J connectivity index is 1.98. The van der Waals surface area contributed by atoms with E-state index in [0.29, 0.717) is 23.5 Å². The van der Waals surface area contributed by atoms with E-state index in [0.717, 1.165) is 11.3 Å². The molecule has 4 rings (SSSR count). The molecule has 0 radical (unpaired) electrons. The molecule has 0 aliphatic carbocycles. The number of nitrogen functional groups attached to an aromatic ring is 1. The molecule has 0 amide bonds. The van der Waals surface area contributed by atoms with Crippen molar-refractivity contribution in [2.24, 2.45) is 0 Å². The van der Waals surface area contributed by atoms with Gasteiger partial charge in [-0.1, -0.05) is 0 Å². The van der Waals surface area contributed by atoms with Gasteiger partial charge in [0.25, 0.3) is 0 Å². The van der Waals surface area contributed by atoms with E-state index in [1.807, 2.05) is 19.3 Å². The first-order valence-corrected chi connectivity index (χ1v) is 7.61. The fourth-order valence-corrected chi connectivity index (χ4v) is 2.94. The molecule has 25 heavy (non-hydrogen) atoms. The molecular formula is C16H16FN7O. The molecule has 0 atom stereocenters. The van der Waals surface area contributed by atoms with Gasteiger partial charge >= 0.3 is 0 Å². The third-order valence-electron chi connectivity index (χ3n) is 4.00. The summed E-state index contributed by atoms with van der Waals surface area (Å²) < 4.78 is 23.2. The van der Waals surface area contributed by atoms with Crippen LogP contribution in [0.2, 0.25) is 0 Å². The third-order valence-corrected chi connectivity index (χ3v) is 4.00. The van der Waals surface area contributed by atoms with E-state index in [1.165, 1.54) is 13.2 Å². The molecule has 0 unspecified atom stereocenters. The van der Waals surface area contributed by atoms with Crippen LogP contribution >= 0.6 is 0 Å². The maximum Gasteiger partial charge on any atom is 0.243 e. The van der Waals surface area contributed by atoms with Crippen LogP contribution in [0.5, 0.6) is 5.88 Å². The highest BCUT2D eigenvalue weighted by atomic mass is 19.1. The molecule has 9 heteroatoms. The van der Waals surface area contributed by atoms with Crippen molar-refractivity contribution in [2.75, 3.05) is 19.9 Å². The standard InChI is InChI=1S/C16H16FN7O/c1-19-6-10-7-20-14-12(17)5-9(8-23(10)14)11-3-4-24-13(11)15(25-2)21-16(18)22-24/h3-5,7-8,19H,6H2,1-2H3,(H2,18,22). The number of fused-ring (bicyclic) bond motifs is 2. The lowest BCUT2D eigenvalue weighted by Crippen LogP contribution is -2.08. The summed E-state index contributed by atoms with van der Waals surface area (Å²) in [6.07, 6.45) is 5.22. The van der Waals surface area contributed by atoms with Gasteiger partial charge in [0.15, 0.2) is 11.5 Å². The number of anilines is 1. The summed E-state index contributed by atoms with van der Waals surface area (Å²) in [5.74, 6) is 0.0164. The van der Waals surface area contributed by atoms with Gasteiger partial charge in [-0.2, -0.15) is 4.98 Å². The first-order chi connectivity index (χ1) is 12.1. The second-order valence-electron chi connectivity index (χ2n) is 5.55. The minimum atomic E-state index is -0.408. The summed E-state index contributed by atoms with van der Waals surface area (Å²) in [5.41, 5.74) is 8.84. The zero-order chi connectivity index (χ0) is 17.6. The highest BCUT2D eigenvalue weighted by Gasteiger charge is 2.17. The molecule has 8 nitrogen and oxygen atoms in total. The number of nitrogens with one attached hydrogen (secondary N) is 1. The van der Waals surface area contributed by atoms with Crippen molar-refractivity contribution < 1.29 is 9.13 Å². The Morgan fingerprint density at radius 1 is 1.40 bits per heavy atom. The molecule has 0 fully saturated rings. The van der Waals surface area contributed by atoms with Gasteiger partial charge in [0.2, 0.25) is 11.8 Å². The van der Waals surface area contributed by atoms with Crippen LogP contribution in [0.4, 0.5) is 10.3 Å². The number of nitrogens with two attached hydrogens (primary N) is 1. The number of hydrogen-bond acceptors (Lipinski definition) is 6. The molecule has 0 saturated heterocycles. The third kappa shape index (κ3) is 2.36. The van der Waals surface area contributed by atoms with E-state index in [2.05, 4.69) is 20.4 Å². The molecule has 0 aliphatic heterocycles. The van der Waals surface area contributed by atoms with E-state index in [1.54, 1.807) is 21.3 Å². The van der Waals surface area contributed by atoms with Crippen molar-refractivity contribution in [3.8, 4) is 17.0 Å². The Hall–Kier alpha value is -3.20. The quantitative estimate of drug-likeness (QED) is 0.584.